The average Bonchev–Trinajstić information content (AvgIpc) is 2.37. The summed E-state index contributed by atoms with van der Waals surface area (Å²) in [7, 11) is 0. The van der Waals surface area contributed by atoms with Crippen molar-refractivity contribution >= 4 is 11.8 Å². The van der Waals surface area contributed by atoms with Crippen molar-refractivity contribution in [3.63, 3.8) is 0 Å². The van der Waals surface area contributed by atoms with Crippen LogP contribution in [-0.2, 0) is 0 Å². The van der Waals surface area contributed by atoms with Crippen LogP contribution in [0, 0.1) is 5.41 Å². The van der Waals surface area contributed by atoms with Gasteiger partial charge in [-0.05, 0) is 11.8 Å². The Morgan fingerprint density at radius 3 is 2.40 bits per heavy atom. The van der Waals surface area contributed by atoms with Crippen molar-refractivity contribution in [3.05, 3.63) is 18.1 Å². The second-order valence-electron chi connectivity index (χ2n) is 5.73. The van der Waals surface area contributed by atoms with E-state index in [9.17, 15) is 15.0 Å². The second kappa shape index (κ2) is 6.62. The fourth-order valence-corrected chi connectivity index (χ4v) is 1.52. The molecule has 2 unspecified atom stereocenters. The number of hydrogen-bond acceptors (Lipinski definition) is 6. The van der Waals surface area contributed by atoms with E-state index in [4.69, 9.17) is 5.11 Å². The Balaban J connectivity index is 2.66. The molecule has 0 bridgehead atoms. The van der Waals surface area contributed by atoms with Crippen LogP contribution in [0.5, 0.6) is 0 Å². The molecule has 0 aliphatic heterocycles. The summed E-state index contributed by atoms with van der Waals surface area (Å²) in [6, 6.07) is -0.380. The highest BCUT2D eigenvalue weighted by Gasteiger charge is 2.25. The number of aromatic carboxylic acids is 1. The van der Waals surface area contributed by atoms with Crippen molar-refractivity contribution in [2.24, 2.45) is 5.41 Å². The molecule has 20 heavy (non-hydrogen) atoms. The lowest BCUT2D eigenvalue weighted by Gasteiger charge is -2.29. The molecule has 1 aromatic heterocycles. The van der Waals surface area contributed by atoms with Gasteiger partial charge in [0.25, 0.3) is 0 Å². The van der Waals surface area contributed by atoms with Crippen molar-refractivity contribution in [3.8, 4) is 0 Å². The Kier molecular flexibility index (Phi) is 5.41. The van der Waals surface area contributed by atoms with Gasteiger partial charge in [-0.3, -0.25) is 0 Å². The van der Waals surface area contributed by atoms with Crippen LogP contribution in [0.25, 0.3) is 0 Å². The van der Waals surface area contributed by atoms with Crippen LogP contribution in [0.2, 0.25) is 0 Å². The van der Waals surface area contributed by atoms with Gasteiger partial charge < -0.3 is 20.6 Å². The summed E-state index contributed by atoms with van der Waals surface area (Å²) >= 11 is 0. The van der Waals surface area contributed by atoms with Gasteiger partial charge >= 0.3 is 5.97 Å². The third-order valence-electron chi connectivity index (χ3n) is 2.95. The van der Waals surface area contributed by atoms with Crippen molar-refractivity contribution in [2.75, 3.05) is 11.9 Å². The van der Waals surface area contributed by atoms with E-state index in [1.165, 1.54) is 6.20 Å². The second-order valence-corrected chi connectivity index (χ2v) is 5.73. The standard InChI is InChI=1S/C13H21N3O4/c1-13(2,3)10(18)4-8(7-17)16-11-6-14-9(5-15-11)12(19)20/h5-6,8,10,17-18H,4,7H2,1-3H3,(H,15,16)(H,19,20). The number of aliphatic hydroxyl groups is 2. The number of carbonyl (C=O) groups is 1. The molecule has 0 radical (unpaired) electrons. The molecule has 0 aliphatic rings. The number of carboxylic acid groups (broad SMARTS) is 1. The van der Waals surface area contributed by atoms with Gasteiger partial charge in [-0.15, -0.1) is 0 Å². The number of carboxylic acids is 1. The van der Waals surface area contributed by atoms with Crippen molar-refractivity contribution in [1.82, 2.24) is 9.97 Å². The molecule has 0 amide bonds. The number of hydrogen-bond donors (Lipinski definition) is 4. The fraction of sp³-hybridized carbons (Fsp3) is 0.615. The number of nitrogens with one attached hydrogen (secondary N) is 1. The first-order chi connectivity index (χ1) is 9.24. The van der Waals surface area contributed by atoms with Crippen LogP contribution in [0.1, 0.15) is 37.7 Å². The molecule has 0 fully saturated rings. The first-order valence-electron chi connectivity index (χ1n) is 6.35. The first kappa shape index (κ1) is 16.3. The van der Waals surface area contributed by atoms with E-state index in [0.29, 0.717) is 12.2 Å². The number of nitrogens with zero attached hydrogens (tertiary/aromatic N) is 2. The van der Waals surface area contributed by atoms with Gasteiger partial charge in [0.2, 0.25) is 0 Å². The highest BCUT2D eigenvalue weighted by Crippen LogP contribution is 2.23. The van der Waals surface area contributed by atoms with E-state index < -0.39 is 12.1 Å². The lowest BCUT2D eigenvalue weighted by atomic mass is 9.85. The molecular weight excluding hydrogens is 262 g/mol. The SMILES string of the molecule is CC(C)(C)C(O)CC(CO)Nc1cnc(C(=O)O)cn1. The highest BCUT2D eigenvalue weighted by molar-refractivity contribution is 5.84. The lowest BCUT2D eigenvalue weighted by Crippen LogP contribution is -2.35. The van der Waals surface area contributed by atoms with Gasteiger partial charge in [-0.1, -0.05) is 20.8 Å². The Morgan fingerprint density at radius 1 is 1.35 bits per heavy atom. The van der Waals surface area contributed by atoms with E-state index in [0.717, 1.165) is 6.20 Å². The smallest absolute Gasteiger partial charge is 0.356 e. The Hall–Kier alpha value is -1.73. The maximum absolute atomic E-state index is 10.7. The number of rotatable bonds is 6. The summed E-state index contributed by atoms with van der Waals surface area (Å²) in [6.07, 6.45) is 2.19. The van der Waals surface area contributed by atoms with Crippen LogP contribution < -0.4 is 5.32 Å². The van der Waals surface area contributed by atoms with Crippen molar-refractivity contribution < 1.29 is 20.1 Å². The van der Waals surface area contributed by atoms with Crippen LogP contribution in [0.3, 0.4) is 0 Å². The number of anilines is 1. The molecule has 0 aromatic carbocycles. The maximum atomic E-state index is 10.7. The molecule has 1 heterocycles. The summed E-state index contributed by atoms with van der Waals surface area (Å²) < 4.78 is 0. The molecule has 1 aromatic rings. The molecular formula is C13H21N3O4. The monoisotopic (exact) mass is 283 g/mol. The Morgan fingerprint density at radius 2 is 2.00 bits per heavy atom. The summed E-state index contributed by atoms with van der Waals surface area (Å²) in [4.78, 5) is 18.3. The topological polar surface area (TPSA) is 116 Å². The Labute approximate surface area is 117 Å². The molecule has 0 saturated heterocycles. The molecule has 7 nitrogen and oxygen atoms in total. The van der Waals surface area contributed by atoms with Crippen LogP contribution in [0.4, 0.5) is 5.82 Å². The van der Waals surface area contributed by atoms with Gasteiger partial charge in [0, 0.05) is 0 Å². The van der Waals surface area contributed by atoms with E-state index in [1.807, 2.05) is 20.8 Å². The summed E-state index contributed by atoms with van der Waals surface area (Å²) in [5.41, 5.74) is -0.431. The summed E-state index contributed by atoms with van der Waals surface area (Å²) in [5, 5.41) is 31.0. The minimum absolute atomic E-state index is 0.147. The molecule has 7 heteroatoms. The summed E-state index contributed by atoms with van der Waals surface area (Å²) in [6.45, 7) is 5.56. The Bertz CT molecular complexity index is 442. The largest absolute Gasteiger partial charge is 0.476 e. The zero-order valence-corrected chi connectivity index (χ0v) is 11.9. The summed E-state index contributed by atoms with van der Waals surface area (Å²) in [5.74, 6) is -0.791. The van der Waals surface area contributed by atoms with Crippen molar-refractivity contribution in [2.45, 2.75) is 39.3 Å². The molecule has 2 atom stereocenters. The zero-order chi connectivity index (χ0) is 15.3. The fourth-order valence-electron chi connectivity index (χ4n) is 1.52. The van der Waals surface area contributed by atoms with Crippen LogP contribution in [0.15, 0.2) is 12.4 Å². The predicted octanol–water partition coefficient (Wildman–Crippen LogP) is 0.745. The van der Waals surface area contributed by atoms with Crippen LogP contribution in [-0.4, -0.2) is 50.0 Å². The number of aromatic nitrogens is 2. The molecule has 112 valence electrons. The molecule has 4 N–H and O–H groups in total. The predicted molar refractivity (Wildman–Crippen MR) is 73.6 cm³/mol. The van der Waals surface area contributed by atoms with Gasteiger partial charge in [-0.2, -0.15) is 0 Å². The molecule has 0 saturated carbocycles. The van der Waals surface area contributed by atoms with E-state index >= 15 is 0 Å². The van der Waals surface area contributed by atoms with Crippen LogP contribution >= 0.6 is 0 Å². The maximum Gasteiger partial charge on any atom is 0.356 e. The molecule has 0 spiro atoms. The average molecular weight is 283 g/mol. The number of aliphatic hydroxyl groups excluding tert-OH is 2. The minimum atomic E-state index is -1.15. The molecule has 0 aliphatic carbocycles. The van der Waals surface area contributed by atoms with E-state index in [2.05, 4.69) is 15.3 Å². The van der Waals surface area contributed by atoms with Gasteiger partial charge in [0.1, 0.15) is 5.82 Å². The van der Waals surface area contributed by atoms with Gasteiger partial charge in [0.05, 0.1) is 31.1 Å². The lowest BCUT2D eigenvalue weighted by molar-refractivity contribution is 0.0461. The third-order valence-corrected chi connectivity index (χ3v) is 2.95. The van der Waals surface area contributed by atoms with E-state index in [-0.39, 0.29) is 23.8 Å². The molecule has 1 rings (SSSR count). The highest BCUT2D eigenvalue weighted by atomic mass is 16.4. The quantitative estimate of drug-likeness (QED) is 0.608. The van der Waals surface area contributed by atoms with Gasteiger partial charge in [0.15, 0.2) is 5.69 Å². The first-order valence-corrected chi connectivity index (χ1v) is 6.35. The third kappa shape index (κ3) is 4.75. The van der Waals surface area contributed by atoms with E-state index in [1.54, 1.807) is 0 Å². The van der Waals surface area contributed by atoms with Crippen molar-refractivity contribution in [1.29, 1.82) is 0 Å². The zero-order valence-electron chi connectivity index (χ0n) is 11.9. The minimum Gasteiger partial charge on any atom is -0.476 e. The van der Waals surface area contributed by atoms with Gasteiger partial charge in [-0.25, -0.2) is 14.8 Å². The normalized spacial score (nSPS) is 14.7.